The molecule has 20 heavy (non-hydrogen) atoms. The van der Waals surface area contributed by atoms with Crippen LogP contribution in [0, 0.1) is 0 Å². The lowest BCUT2D eigenvalue weighted by molar-refractivity contribution is 0.515. The SMILES string of the molecule is NCCCCCCCCn1cc(-c2cccnc2)nn1. The molecule has 2 heterocycles. The van der Waals surface area contributed by atoms with E-state index in [0.717, 1.165) is 37.2 Å². The van der Waals surface area contributed by atoms with Gasteiger partial charge in [0.15, 0.2) is 0 Å². The highest BCUT2D eigenvalue weighted by molar-refractivity contribution is 5.55. The minimum atomic E-state index is 0.816. The van der Waals surface area contributed by atoms with Gasteiger partial charge < -0.3 is 5.73 Å². The highest BCUT2D eigenvalue weighted by atomic mass is 15.4. The average molecular weight is 273 g/mol. The number of unbranched alkanes of at least 4 members (excludes halogenated alkanes) is 5. The van der Waals surface area contributed by atoms with Crippen LogP contribution >= 0.6 is 0 Å². The molecular formula is C15H23N5. The van der Waals surface area contributed by atoms with E-state index in [0.29, 0.717) is 0 Å². The summed E-state index contributed by atoms with van der Waals surface area (Å²) in [5.74, 6) is 0. The van der Waals surface area contributed by atoms with E-state index in [1.165, 1.54) is 25.7 Å². The maximum atomic E-state index is 5.47. The van der Waals surface area contributed by atoms with E-state index in [1.54, 1.807) is 6.20 Å². The molecule has 0 aliphatic carbocycles. The normalized spacial score (nSPS) is 10.8. The molecule has 2 rings (SSSR count). The molecule has 0 amide bonds. The van der Waals surface area contributed by atoms with Gasteiger partial charge in [-0.3, -0.25) is 9.67 Å². The first-order valence-electron chi connectivity index (χ1n) is 7.41. The van der Waals surface area contributed by atoms with Crippen LogP contribution < -0.4 is 5.73 Å². The quantitative estimate of drug-likeness (QED) is 0.713. The summed E-state index contributed by atoms with van der Waals surface area (Å²) in [6.45, 7) is 1.75. The Balaban J connectivity index is 1.69. The van der Waals surface area contributed by atoms with Crippen molar-refractivity contribution < 1.29 is 0 Å². The van der Waals surface area contributed by atoms with Crippen molar-refractivity contribution in [2.45, 2.75) is 45.1 Å². The van der Waals surface area contributed by atoms with Crippen LogP contribution in [0.2, 0.25) is 0 Å². The fourth-order valence-electron chi connectivity index (χ4n) is 2.18. The lowest BCUT2D eigenvalue weighted by Crippen LogP contribution is -1.99. The van der Waals surface area contributed by atoms with Crippen molar-refractivity contribution in [3.8, 4) is 11.3 Å². The van der Waals surface area contributed by atoms with Gasteiger partial charge in [-0.1, -0.05) is 30.9 Å². The third-order valence-corrected chi connectivity index (χ3v) is 3.34. The highest BCUT2D eigenvalue weighted by Gasteiger charge is 2.03. The Bertz CT molecular complexity index is 480. The monoisotopic (exact) mass is 273 g/mol. The number of hydrogen-bond acceptors (Lipinski definition) is 4. The maximum absolute atomic E-state index is 5.47. The minimum Gasteiger partial charge on any atom is -0.330 e. The van der Waals surface area contributed by atoms with E-state index in [2.05, 4.69) is 15.3 Å². The largest absolute Gasteiger partial charge is 0.330 e. The fourth-order valence-corrected chi connectivity index (χ4v) is 2.18. The van der Waals surface area contributed by atoms with Gasteiger partial charge in [0.1, 0.15) is 5.69 Å². The van der Waals surface area contributed by atoms with Gasteiger partial charge in [0.05, 0.1) is 6.20 Å². The lowest BCUT2D eigenvalue weighted by atomic mass is 10.1. The lowest BCUT2D eigenvalue weighted by Gasteiger charge is -2.01. The molecule has 0 saturated carbocycles. The summed E-state index contributed by atoms with van der Waals surface area (Å²) in [5.41, 5.74) is 7.38. The van der Waals surface area contributed by atoms with E-state index >= 15 is 0 Å². The number of pyridine rings is 1. The predicted octanol–water partition coefficient (Wildman–Crippen LogP) is 2.64. The minimum absolute atomic E-state index is 0.816. The predicted molar refractivity (Wildman–Crippen MR) is 80.0 cm³/mol. The van der Waals surface area contributed by atoms with Crippen LogP contribution in [0.3, 0.4) is 0 Å². The molecule has 5 nitrogen and oxygen atoms in total. The van der Waals surface area contributed by atoms with Gasteiger partial charge in [-0.25, -0.2) is 0 Å². The summed E-state index contributed by atoms with van der Waals surface area (Å²) in [5, 5.41) is 8.35. The van der Waals surface area contributed by atoms with Crippen molar-refractivity contribution in [2.75, 3.05) is 6.54 Å². The Kier molecular flexibility index (Phi) is 6.17. The van der Waals surface area contributed by atoms with Crippen LogP contribution in [0.15, 0.2) is 30.7 Å². The van der Waals surface area contributed by atoms with Gasteiger partial charge in [0.2, 0.25) is 0 Å². The molecule has 2 N–H and O–H groups in total. The second-order valence-corrected chi connectivity index (χ2v) is 5.02. The maximum Gasteiger partial charge on any atom is 0.114 e. The van der Waals surface area contributed by atoms with E-state index in [-0.39, 0.29) is 0 Å². The third-order valence-electron chi connectivity index (χ3n) is 3.34. The zero-order chi connectivity index (χ0) is 14.0. The van der Waals surface area contributed by atoms with Gasteiger partial charge in [-0.2, -0.15) is 0 Å². The molecule has 2 aromatic rings. The smallest absolute Gasteiger partial charge is 0.114 e. The average Bonchev–Trinajstić information content (AvgIpc) is 2.96. The van der Waals surface area contributed by atoms with Gasteiger partial charge in [0.25, 0.3) is 0 Å². The summed E-state index contributed by atoms with van der Waals surface area (Å²) in [7, 11) is 0. The van der Waals surface area contributed by atoms with Crippen LogP contribution in [-0.2, 0) is 6.54 Å². The Hall–Kier alpha value is -1.75. The molecule has 0 aliphatic rings. The summed E-state index contributed by atoms with van der Waals surface area (Å²) in [6.07, 6.45) is 12.9. The van der Waals surface area contributed by atoms with Crippen molar-refractivity contribution in [1.82, 2.24) is 20.0 Å². The van der Waals surface area contributed by atoms with Crippen molar-refractivity contribution >= 4 is 0 Å². The van der Waals surface area contributed by atoms with Crippen LogP contribution in [0.4, 0.5) is 0 Å². The first kappa shape index (κ1) is 14.7. The molecule has 0 fully saturated rings. The number of rotatable bonds is 9. The number of hydrogen-bond donors (Lipinski definition) is 1. The number of aromatic nitrogens is 4. The van der Waals surface area contributed by atoms with Crippen LogP contribution in [0.5, 0.6) is 0 Å². The molecule has 108 valence electrons. The third kappa shape index (κ3) is 4.74. The molecule has 0 unspecified atom stereocenters. The number of nitrogens with zero attached hydrogens (tertiary/aromatic N) is 4. The molecule has 2 aromatic heterocycles. The molecule has 0 atom stereocenters. The molecule has 0 radical (unpaired) electrons. The van der Waals surface area contributed by atoms with Crippen molar-refractivity contribution in [3.05, 3.63) is 30.7 Å². The van der Waals surface area contributed by atoms with Gasteiger partial charge in [-0.05, 0) is 31.5 Å². The van der Waals surface area contributed by atoms with Crippen LogP contribution in [0.25, 0.3) is 11.3 Å². The Labute approximate surface area is 120 Å². The zero-order valence-electron chi connectivity index (χ0n) is 11.9. The molecule has 0 aliphatic heterocycles. The van der Waals surface area contributed by atoms with Gasteiger partial charge >= 0.3 is 0 Å². The number of aryl methyl sites for hydroxylation is 1. The van der Waals surface area contributed by atoms with E-state index in [4.69, 9.17) is 5.73 Å². The Morgan fingerprint density at radius 3 is 2.60 bits per heavy atom. The molecule has 0 bridgehead atoms. The Morgan fingerprint density at radius 2 is 1.85 bits per heavy atom. The summed E-state index contributed by atoms with van der Waals surface area (Å²) < 4.78 is 1.92. The van der Waals surface area contributed by atoms with Crippen molar-refractivity contribution in [3.63, 3.8) is 0 Å². The van der Waals surface area contributed by atoms with E-state index in [9.17, 15) is 0 Å². The van der Waals surface area contributed by atoms with E-state index in [1.807, 2.05) is 29.2 Å². The summed E-state index contributed by atoms with van der Waals surface area (Å²) >= 11 is 0. The van der Waals surface area contributed by atoms with Crippen molar-refractivity contribution in [1.29, 1.82) is 0 Å². The van der Waals surface area contributed by atoms with Gasteiger partial charge in [0, 0.05) is 24.5 Å². The topological polar surface area (TPSA) is 69.6 Å². The van der Waals surface area contributed by atoms with Crippen LogP contribution in [0.1, 0.15) is 38.5 Å². The fraction of sp³-hybridized carbons (Fsp3) is 0.533. The molecule has 0 aromatic carbocycles. The first-order chi connectivity index (χ1) is 9.90. The Morgan fingerprint density at radius 1 is 1.05 bits per heavy atom. The molecule has 0 spiro atoms. The zero-order valence-corrected chi connectivity index (χ0v) is 11.9. The molecule has 0 saturated heterocycles. The highest BCUT2D eigenvalue weighted by Crippen LogP contribution is 2.14. The van der Waals surface area contributed by atoms with Crippen LogP contribution in [-0.4, -0.2) is 26.5 Å². The molecule has 5 heteroatoms. The van der Waals surface area contributed by atoms with Crippen molar-refractivity contribution in [2.24, 2.45) is 5.73 Å². The summed E-state index contributed by atoms with van der Waals surface area (Å²) in [4.78, 5) is 4.10. The summed E-state index contributed by atoms with van der Waals surface area (Å²) in [6, 6.07) is 3.91. The van der Waals surface area contributed by atoms with Gasteiger partial charge in [-0.15, -0.1) is 5.10 Å². The second kappa shape index (κ2) is 8.43. The second-order valence-electron chi connectivity index (χ2n) is 5.02. The number of nitrogens with two attached hydrogens (primary N) is 1. The standard InChI is InChI=1S/C15H23N5/c16-9-5-3-1-2-4-6-11-20-13-15(18-19-20)14-8-7-10-17-12-14/h7-8,10,12-13H,1-6,9,11,16H2. The molecular weight excluding hydrogens is 250 g/mol. The van der Waals surface area contributed by atoms with E-state index < -0.39 is 0 Å². The first-order valence-corrected chi connectivity index (χ1v) is 7.41.